The van der Waals surface area contributed by atoms with E-state index in [2.05, 4.69) is 68.5 Å². The molecule has 1 unspecified atom stereocenters. The predicted molar refractivity (Wildman–Crippen MR) is 126 cm³/mol. The predicted octanol–water partition coefficient (Wildman–Crippen LogP) is 7.55. The summed E-state index contributed by atoms with van der Waals surface area (Å²) < 4.78 is 6.15. The first-order valence-corrected chi connectivity index (χ1v) is 11.4. The number of rotatable bonds is 10. The van der Waals surface area contributed by atoms with Gasteiger partial charge in [-0.2, -0.15) is 0 Å². The van der Waals surface area contributed by atoms with E-state index in [0.717, 1.165) is 38.5 Å². The first-order valence-electron chi connectivity index (χ1n) is 11.4. The third kappa shape index (κ3) is 5.95. The molecule has 0 bridgehead atoms. The van der Waals surface area contributed by atoms with E-state index in [1.807, 2.05) is 18.2 Å². The highest BCUT2D eigenvalue weighted by Crippen LogP contribution is 2.34. The molecular weight excluding hydrogens is 368 g/mol. The molecule has 0 heterocycles. The lowest BCUT2D eigenvalue weighted by molar-refractivity contribution is 0.000289. The van der Waals surface area contributed by atoms with Crippen molar-refractivity contribution in [3.63, 3.8) is 0 Å². The summed E-state index contributed by atoms with van der Waals surface area (Å²) in [6.45, 7) is 4.39. The summed E-state index contributed by atoms with van der Waals surface area (Å²) >= 11 is 0. The number of unbranched alkanes of at least 4 members (excludes halogenated alkanes) is 3. The number of hydrogen-bond acceptors (Lipinski definition) is 2. The van der Waals surface area contributed by atoms with Crippen molar-refractivity contribution in [2.75, 3.05) is 0 Å². The van der Waals surface area contributed by atoms with Gasteiger partial charge in [-0.1, -0.05) is 87.7 Å². The van der Waals surface area contributed by atoms with E-state index in [0.29, 0.717) is 5.56 Å². The van der Waals surface area contributed by atoms with E-state index in [-0.39, 0.29) is 5.97 Å². The van der Waals surface area contributed by atoms with E-state index in [9.17, 15) is 4.79 Å². The minimum Gasteiger partial charge on any atom is -0.451 e. The minimum absolute atomic E-state index is 0.227. The molecule has 0 spiro atoms. The van der Waals surface area contributed by atoms with E-state index >= 15 is 0 Å². The average molecular weight is 403 g/mol. The molecule has 3 rings (SSSR count). The van der Waals surface area contributed by atoms with Gasteiger partial charge in [0.05, 0.1) is 5.56 Å². The van der Waals surface area contributed by atoms with Crippen LogP contribution in [0, 0.1) is 0 Å². The highest BCUT2D eigenvalue weighted by Gasteiger charge is 2.32. The van der Waals surface area contributed by atoms with Crippen molar-refractivity contribution in [1.29, 1.82) is 0 Å². The Labute approximate surface area is 181 Å². The summed E-state index contributed by atoms with van der Waals surface area (Å²) in [7, 11) is 0. The topological polar surface area (TPSA) is 26.3 Å². The smallest absolute Gasteiger partial charge is 0.339 e. The molecule has 0 saturated carbocycles. The van der Waals surface area contributed by atoms with Gasteiger partial charge in [0, 0.05) is 6.42 Å². The largest absolute Gasteiger partial charge is 0.451 e. The first kappa shape index (κ1) is 22.1. The fourth-order valence-corrected chi connectivity index (χ4v) is 3.92. The number of carbonyl (C=O) groups is 1. The third-order valence-corrected chi connectivity index (χ3v) is 5.85. The van der Waals surface area contributed by atoms with Crippen molar-refractivity contribution in [1.82, 2.24) is 0 Å². The maximum atomic E-state index is 13.0. The lowest BCUT2D eigenvalue weighted by Gasteiger charge is -2.32. The Hall–Kier alpha value is -2.61. The molecule has 0 fully saturated rings. The Morgan fingerprint density at radius 3 is 2.30 bits per heavy atom. The average Bonchev–Trinajstić information content (AvgIpc) is 2.79. The van der Waals surface area contributed by atoms with E-state index < -0.39 is 5.60 Å². The molecule has 30 heavy (non-hydrogen) atoms. The van der Waals surface area contributed by atoms with Crippen LogP contribution in [0.2, 0.25) is 0 Å². The molecule has 1 aliphatic rings. The van der Waals surface area contributed by atoms with Gasteiger partial charge in [-0.3, -0.25) is 0 Å². The normalized spacial score (nSPS) is 18.1. The van der Waals surface area contributed by atoms with Crippen LogP contribution in [0.4, 0.5) is 0 Å². The van der Waals surface area contributed by atoms with Gasteiger partial charge in [0.25, 0.3) is 0 Å². The Morgan fingerprint density at radius 1 is 0.933 bits per heavy atom. The summed E-state index contributed by atoms with van der Waals surface area (Å²) in [6.07, 6.45) is 14.8. The van der Waals surface area contributed by atoms with E-state index in [1.165, 1.54) is 29.5 Å². The summed E-state index contributed by atoms with van der Waals surface area (Å²) in [5.74, 6) is -0.227. The fourth-order valence-electron chi connectivity index (χ4n) is 3.92. The zero-order chi connectivity index (χ0) is 21.2. The molecule has 0 saturated heterocycles. The van der Waals surface area contributed by atoms with E-state index in [4.69, 9.17) is 4.74 Å². The van der Waals surface area contributed by atoms with Gasteiger partial charge in [-0.15, -0.1) is 0 Å². The molecule has 0 amide bonds. The molecule has 1 atom stereocenters. The zero-order valence-electron chi connectivity index (χ0n) is 18.4. The Morgan fingerprint density at radius 2 is 1.67 bits per heavy atom. The summed E-state index contributed by atoms with van der Waals surface area (Å²) in [5.41, 5.74) is 3.75. The number of esters is 1. The molecule has 0 radical (unpaired) electrons. The van der Waals surface area contributed by atoms with Crippen LogP contribution >= 0.6 is 0 Å². The molecule has 2 aromatic carbocycles. The molecule has 2 heteroatoms. The van der Waals surface area contributed by atoms with Crippen LogP contribution in [0.25, 0.3) is 5.57 Å². The van der Waals surface area contributed by atoms with Gasteiger partial charge in [-0.05, 0) is 60.6 Å². The quantitative estimate of drug-likeness (QED) is 0.303. The van der Waals surface area contributed by atoms with Gasteiger partial charge in [-0.25, -0.2) is 4.79 Å². The highest BCUT2D eigenvalue weighted by atomic mass is 16.6. The standard InChI is InChI=1S/C28H34O2/c1-3-5-10-20-28(21-18-25(19-22-28)24-12-8-7-9-13-24)30-27(29)26-16-14-23(15-17-26)11-6-4-2/h7-9,12-19,21H,3-6,10-11,20,22H2,1-2H3. The van der Waals surface area contributed by atoms with Crippen LogP contribution in [0.15, 0.2) is 72.8 Å². The van der Waals surface area contributed by atoms with Gasteiger partial charge >= 0.3 is 5.97 Å². The van der Waals surface area contributed by atoms with Crippen molar-refractivity contribution in [3.05, 3.63) is 89.5 Å². The van der Waals surface area contributed by atoms with Crippen molar-refractivity contribution in [2.24, 2.45) is 0 Å². The number of hydrogen-bond donors (Lipinski definition) is 0. The molecule has 1 aliphatic carbocycles. The van der Waals surface area contributed by atoms with Gasteiger partial charge in [0.15, 0.2) is 0 Å². The van der Waals surface area contributed by atoms with Crippen LogP contribution in [0.3, 0.4) is 0 Å². The molecular formula is C28H34O2. The maximum Gasteiger partial charge on any atom is 0.339 e. The number of benzene rings is 2. The monoisotopic (exact) mass is 402 g/mol. The summed E-state index contributed by atoms with van der Waals surface area (Å²) in [6, 6.07) is 18.3. The Balaban J connectivity index is 1.72. The molecule has 2 aromatic rings. The first-order chi connectivity index (χ1) is 14.7. The minimum atomic E-state index is -0.550. The second kappa shape index (κ2) is 11.0. The van der Waals surface area contributed by atoms with Gasteiger partial charge in [0.1, 0.15) is 5.60 Å². The van der Waals surface area contributed by atoms with Crippen LogP contribution < -0.4 is 0 Å². The number of carbonyl (C=O) groups excluding carboxylic acids is 1. The Kier molecular flexibility index (Phi) is 8.07. The summed E-state index contributed by atoms with van der Waals surface area (Å²) in [5, 5.41) is 0. The molecule has 0 aliphatic heterocycles. The maximum absolute atomic E-state index is 13.0. The fraction of sp³-hybridized carbons (Fsp3) is 0.393. The second-order valence-electron chi connectivity index (χ2n) is 8.27. The van der Waals surface area contributed by atoms with Crippen LogP contribution in [0.5, 0.6) is 0 Å². The van der Waals surface area contributed by atoms with Crippen molar-refractivity contribution < 1.29 is 9.53 Å². The van der Waals surface area contributed by atoms with Crippen molar-refractivity contribution in [2.45, 2.75) is 70.8 Å². The molecule has 158 valence electrons. The molecule has 0 N–H and O–H groups in total. The van der Waals surface area contributed by atoms with Crippen molar-refractivity contribution >= 4 is 11.5 Å². The van der Waals surface area contributed by atoms with Crippen LogP contribution in [-0.4, -0.2) is 11.6 Å². The van der Waals surface area contributed by atoms with Crippen molar-refractivity contribution in [3.8, 4) is 0 Å². The van der Waals surface area contributed by atoms with E-state index in [1.54, 1.807) is 0 Å². The second-order valence-corrected chi connectivity index (χ2v) is 8.27. The van der Waals surface area contributed by atoms with Gasteiger partial charge in [0.2, 0.25) is 0 Å². The van der Waals surface area contributed by atoms with Crippen LogP contribution in [-0.2, 0) is 11.2 Å². The van der Waals surface area contributed by atoms with Gasteiger partial charge < -0.3 is 4.74 Å². The number of ether oxygens (including phenoxy) is 1. The molecule has 0 aromatic heterocycles. The third-order valence-electron chi connectivity index (χ3n) is 5.85. The molecule has 2 nitrogen and oxygen atoms in total. The lowest BCUT2D eigenvalue weighted by Crippen LogP contribution is -2.34. The zero-order valence-corrected chi connectivity index (χ0v) is 18.4. The number of allylic oxidation sites excluding steroid dienone is 2. The number of aryl methyl sites for hydroxylation is 1. The SMILES string of the molecule is CCCCCC1(OC(=O)c2ccc(CCCC)cc2)C=CC(c2ccccc2)=CC1. The van der Waals surface area contributed by atoms with Crippen LogP contribution in [0.1, 0.15) is 80.3 Å². The summed E-state index contributed by atoms with van der Waals surface area (Å²) in [4.78, 5) is 13.0. The lowest BCUT2D eigenvalue weighted by atomic mass is 9.85. The highest BCUT2D eigenvalue weighted by molar-refractivity contribution is 5.90. The Bertz CT molecular complexity index is 861.